The zero-order chi connectivity index (χ0) is 24.7. The Kier molecular flexibility index (Phi) is 9.26. The lowest BCUT2D eigenvalue weighted by atomic mass is 9.94. The molecule has 0 saturated carbocycles. The Bertz CT molecular complexity index is 1090. The number of β-amino-alcohol motifs (C(OH)–C–C–N with tert-alkyl or cyclic N) is 1. The Balaban J connectivity index is 1.56. The van der Waals surface area contributed by atoms with E-state index in [9.17, 15) is 9.50 Å². The van der Waals surface area contributed by atoms with Gasteiger partial charge in [0.1, 0.15) is 5.82 Å². The molecule has 0 saturated heterocycles. The van der Waals surface area contributed by atoms with E-state index in [0.717, 1.165) is 23.1 Å². The van der Waals surface area contributed by atoms with Crippen molar-refractivity contribution in [2.45, 2.75) is 58.3 Å². The zero-order valence-corrected chi connectivity index (χ0v) is 21.2. The van der Waals surface area contributed by atoms with Crippen LogP contribution in [0.1, 0.15) is 50.5 Å². The molecule has 0 heterocycles. The molecule has 0 fully saturated rings. The highest BCUT2D eigenvalue weighted by atomic mass is 35.5. The molecule has 0 spiro atoms. The van der Waals surface area contributed by atoms with E-state index in [1.807, 2.05) is 39.0 Å². The van der Waals surface area contributed by atoms with Gasteiger partial charge in [-0.25, -0.2) is 4.39 Å². The van der Waals surface area contributed by atoms with Crippen molar-refractivity contribution in [3.63, 3.8) is 0 Å². The molecule has 0 aliphatic carbocycles. The zero-order valence-electron chi connectivity index (χ0n) is 20.4. The van der Waals surface area contributed by atoms with Gasteiger partial charge in [-0.2, -0.15) is 0 Å². The number of benzene rings is 3. The number of rotatable bonds is 11. The van der Waals surface area contributed by atoms with Gasteiger partial charge in [0.15, 0.2) is 0 Å². The molecule has 3 rings (SSSR count). The third-order valence-corrected chi connectivity index (χ3v) is 6.34. The van der Waals surface area contributed by atoms with Crippen LogP contribution in [0.25, 0.3) is 11.1 Å². The number of hydrogen-bond acceptors (Lipinski definition) is 3. The van der Waals surface area contributed by atoms with Gasteiger partial charge in [-0.1, -0.05) is 73.1 Å². The molecule has 3 nitrogen and oxygen atoms in total. The van der Waals surface area contributed by atoms with E-state index < -0.39 is 11.9 Å². The minimum atomic E-state index is -0.667. The van der Waals surface area contributed by atoms with Crippen LogP contribution in [0, 0.1) is 5.82 Å². The van der Waals surface area contributed by atoms with Crippen LogP contribution in [0.5, 0.6) is 0 Å². The molecule has 0 radical (unpaired) electrons. The summed E-state index contributed by atoms with van der Waals surface area (Å²) in [5, 5.41) is 14.0. The first-order valence-electron chi connectivity index (χ1n) is 11.9. The average Bonchev–Trinajstić information content (AvgIpc) is 2.83. The van der Waals surface area contributed by atoms with Crippen molar-refractivity contribution < 1.29 is 14.2 Å². The number of aliphatic hydroxyl groups is 1. The molecule has 182 valence electrons. The van der Waals surface area contributed by atoms with Crippen molar-refractivity contribution >= 4 is 11.6 Å². The molecule has 3 aromatic carbocycles. The fraction of sp³-hybridized carbons (Fsp3) is 0.379. The Labute approximate surface area is 207 Å². The lowest BCUT2D eigenvalue weighted by Crippen LogP contribution is -2.46. The summed E-state index contributed by atoms with van der Waals surface area (Å²) >= 11 is 5.78. The van der Waals surface area contributed by atoms with E-state index in [-0.39, 0.29) is 23.3 Å². The summed E-state index contributed by atoms with van der Waals surface area (Å²) < 4.78 is 19.8. The molecule has 2 atom stereocenters. The Hall–Kier alpha value is -2.24. The summed E-state index contributed by atoms with van der Waals surface area (Å²) in [5.41, 5.74) is 5.24. The van der Waals surface area contributed by atoms with Gasteiger partial charge in [0, 0.05) is 12.1 Å². The van der Waals surface area contributed by atoms with Gasteiger partial charge in [0.25, 0.3) is 0 Å². The van der Waals surface area contributed by atoms with Crippen molar-refractivity contribution in [1.82, 2.24) is 5.32 Å². The van der Waals surface area contributed by atoms with Crippen molar-refractivity contribution in [1.29, 1.82) is 0 Å². The van der Waals surface area contributed by atoms with Crippen molar-refractivity contribution in [3.8, 4) is 11.1 Å². The van der Waals surface area contributed by atoms with E-state index in [4.69, 9.17) is 16.3 Å². The maximum absolute atomic E-state index is 13.8. The predicted octanol–water partition coefficient (Wildman–Crippen LogP) is 6.76. The van der Waals surface area contributed by atoms with Crippen molar-refractivity contribution in [2.24, 2.45) is 0 Å². The van der Waals surface area contributed by atoms with Gasteiger partial charge in [0.2, 0.25) is 0 Å². The summed E-state index contributed by atoms with van der Waals surface area (Å²) in [4.78, 5) is 0. The first kappa shape index (κ1) is 26.4. The molecule has 0 aliphatic heterocycles. The summed E-state index contributed by atoms with van der Waals surface area (Å²) in [6.45, 7) is 8.80. The second-order valence-electron chi connectivity index (χ2n) is 9.46. The van der Waals surface area contributed by atoms with E-state index in [1.54, 1.807) is 6.07 Å². The number of nitrogens with one attached hydrogen (secondary N) is 1. The topological polar surface area (TPSA) is 41.5 Å². The lowest BCUT2D eigenvalue weighted by Gasteiger charge is -2.28. The van der Waals surface area contributed by atoms with Crippen LogP contribution in [-0.4, -0.2) is 29.9 Å². The van der Waals surface area contributed by atoms with Gasteiger partial charge < -0.3 is 15.2 Å². The second-order valence-corrected chi connectivity index (χ2v) is 9.87. The fourth-order valence-electron chi connectivity index (χ4n) is 4.09. The standard InChI is InChI=1S/C29H35ClFNO2/c1-5-21-9-8-10-23(15-21)26-12-7-6-11-25(26)20(2)34-19-24(33)18-32-29(3,4)17-22-13-14-27(30)28(31)16-22/h6-16,20,24,32-33H,5,17-19H2,1-4H3/t20?,24-/m1/s1. The lowest BCUT2D eigenvalue weighted by molar-refractivity contribution is -0.00397. The highest BCUT2D eigenvalue weighted by molar-refractivity contribution is 6.30. The fourth-order valence-corrected chi connectivity index (χ4v) is 4.21. The number of aryl methyl sites for hydroxylation is 1. The highest BCUT2D eigenvalue weighted by Gasteiger charge is 2.21. The van der Waals surface area contributed by atoms with Crippen molar-refractivity contribution in [3.05, 3.63) is 94.3 Å². The molecule has 2 N–H and O–H groups in total. The van der Waals surface area contributed by atoms with Crippen molar-refractivity contribution in [2.75, 3.05) is 13.2 Å². The maximum Gasteiger partial charge on any atom is 0.142 e. The molecule has 1 unspecified atom stereocenters. The molecule has 0 aliphatic rings. The van der Waals surface area contributed by atoms with E-state index in [2.05, 4.69) is 48.6 Å². The van der Waals surface area contributed by atoms with Crippen LogP contribution in [0.3, 0.4) is 0 Å². The largest absolute Gasteiger partial charge is 0.389 e. The van der Waals surface area contributed by atoms with Crippen LogP contribution < -0.4 is 5.32 Å². The molecule has 34 heavy (non-hydrogen) atoms. The SMILES string of the molecule is CCc1cccc(-c2ccccc2C(C)OC[C@H](O)CNC(C)(C)Cc2ccc(Cl)c(F)c2)c1. The minimum Gasteiger partial charge on any atom is -0.389 e. The summed E-state index contributed by atoms with van der Waals surface area (Å²) in [7, 11) is 0. The predicted molar refractivity (Wildman–Crippen MR) is 139 cm³/mol. The molecule has 5 heteroatoms. The van der Waals surface area contributed by atoms with Crippen LogP contribution in [0.15, 0.2) is 66.7 Å². The van der Waals surface area contributed by atoms with Crippen LogP contribution >= 0.6 is 11.6 Å². The van der Waals surface area contributed by atoms with Crippen LogP contribution in [0.2, 0.25) is 5.02 Å². The molecule has 0 amide bonds. The molecular formula is C29H35ClFNO2. The first-order valence-corrected chi connectivity index (χ1v) is 12.2. The van der Waals surface area contributed by atoms with E-state index in [0.29, 0.717) is 13.0 Å². The summed E-state index contributed by atoms with van der Waals surface area (Å²) in [6, 6.07) is 21.7. The second kappa shape index (κ2) is 11.9. The van der Waals surface area contributed by atoms with E-state index in [1.165, 1.54) is 17.2 Å². The Morgan fingerprint density at radius 3 is 2.53 bits per heavy atom. The van der Waals surface area contributed by atoms with Gasteiger partial charge >= 0.3 is 0 Å². The Morgan fingerprint density at radius 2 is 1.79 bits per heavy atom. The maximum atomic E-state index is 13.8. The first-order chi connectivity index (χ1) is 16.2. The van der Waals surface area contributed by atoms with Gasteiger partial charge in [0.05, 0.1) is 23.8 Å². The number of halogens is 2. The normalized spacial score (nSPS) is 13.6. The smallest absolute Gasteiger partial charge is 0.142 e. The highest BCUT2D eigenvalue weighted by Crippen LogP contribution is 2.30. The monoisotopic (exact) mass is 483 g/mol. The number of aliphatic hydroxyl groups excluding tert-OH is 1. The summed E-state index contributed by atoms with van der Waals surface area (Å²) in [6.07, 6.45) is 0.764. The third-order valence-electron chi connectivity index (χ3n) is 6.03. The molecule has 0 bridgehead atoms. The van der Waals surface area contributed by atoms with Crippen LogP contribution in [-0.2, 0) is 17.6 Å². The number of ether oxygens (including phenoxy) is 1. The van der Waals surface area contributed by atoms with Gasteiger partial charge in [-0.15, -0.1) is 0 Å². The van der Waals surface area contributed by atoms with Gasteiger partial charge in [-0.3, -0.25) is 0 Å². The van der Waals surface area contributed by atoms with E-state index >= 15 is 0 Å². The third kappa shape index (κ3) is 7.38. The average molecular weight is 484 g/mol. The van der Waals surface area contributed by atoms with Crippen LogP contribution in [0.4, 0.5) is 4.39 Å². The number of hydrogen-bond donors (Lipinski definition) is 2. The van der Waals surface area contributed by atoms with Gasteiger partial charge in [-0.05, 0) is 73.6 Å². The molecule has 3 aromatic rings. The Morgan fingerprint density at radius 1 is 1.03 bits per heavy atom. The quantitative estimate of drug-likeness (QED) is 0.316. The minimum absolute atomic E-state index is 0.121. The molecule has 0 aromatic heterocycles. The summed E-state index contributed by atoms with van der Waals surface area (Å²) in [5.74, 6) is -0.418. The molecular weight excluding hydrogens is 449 g/mol.